The van der Waals surface area contributed by atoms with Crippen LogP contribution in [0.5, 0.6) is 0 Å². The maximum Gasteiger partial charge on any atom is 0.337 e. The Morgan fingerprint density at radius 1 is 1.28 bits per heavy atom. The molecule has 1 heterocycles. The number of carbonyl (C=O) groups is 2. The van der Waals surface area contributed by atoms with E-state index in [0.29, 0.717) is 11.1 Å². The topological polar surface area (TPSA) is 73.2 Å². The van der Waals surface area contributed by atoms with Crippen LogP contribution in [0, 0.1) is 0 Å². The van der Waals surface area contributed by atoms with Gasteiger partial charge in [0.25, 0.3) is 12.3 Å². The zero-order chi connectivity index (χ0) is 18.7. The maximum atomic E-state index is 13.0. The first kappa shape index (κ1) is 18.9. The van der Waals surface area contributed by atoms with Crippen molar-refractivity contribution in [3.63, 3.8) is 0 Å². The summed E-state index contributed by atoms with van der Waals surface area (Å²) in [5.74, 6) is -1.23. The molecule has 0 radical (unpaired) electrons. The number of hydrogen-bond donors (Lipinski definition) is 1. The Balaban J connectivity index is 2.19. The van der Waals surface area contributed by atoms with Crippen molar-refractivity contribution in [2.75, 3.05) is 7.11 Å². The van der Waals surface area contributed by atoms with Crippen molar-refractivity contribution in [3.05, 3.63) is 51.8 Å². The highest BCUT2D eigenvalue weighted by Gasteiger charge is 2.28. The highest BCUT2D eigenvalue weighted by molar-refractivity contribution is 6.33. The largest absolute Gasteiger partial charge is 0.465 e. The maximum absolute atomic E-state index is 13.0. The summed E-state index contributed by atoms with van der Waals surface area (Å²) in [6, 6.07) is 5.87. The average Bonchev–Trinajstić information content (AvgIpc) is 2.89. The third-order valence-corrected chi connectivity index (χ3v) is 4.05. The zero-order valence-corrected chi connectivity index (χ0v) is 14.5. The molecule has 0 bridgehead atoms. The molecular weight excluding hydrogens is 356 g/mol. The van der Waals surface area contributed by atoms with Crippen molar-refractivity contribution >= 4 is 23.5 Å². The molecule has 0 fully saturated rings. The number of aryl methyl sites for hydroxylation is 1. The first-order chi connectivity index (χ1) is 11.8. The molecule has 1 amide bonds. The van der Waals surface area contributed by atoms with Crippen molar-refractivity contribution in [3.8, 4) is 0 Å². The van der Waals surface area contributed by atoms with E-state index in [9.17, 15) is 18.4 Å². The number of amides is 1. The van der Waals surface area contributed by atoms with E-state index in [0.717, 1.165) is 4.68 Å². The van der Waals surface area contributed by atoms with Gasteiger partial charge in [0.2, 0.25) is 0 Å². The fraction of sp³-hybridized carbons (Fsp3) is 0.312. The molecule has 0 spiro atoms. The summed E-state index contributed by atoms with van der Waals surface area (Å²) >= 11 is 5.91. The van der Waals surface area contributed by atoms with E-state index in [1.54, 1.807) is 31.2 Å². The minimum Gasteiger partial charge on any atom is -0.465 e. The summed E-state index contributed by atoms with van der Waals surface area (Å²) in [5, 5.41) is 6.01. The second-order valence-corrected chi connectivity index (χ2v) is 5.64. The van der Waals surface area contributed by atoms with Crippen molar-refractivity contribution in [2.45, 2.75) is 19.4 Å². The van der Waals surface area contributed by atoms with Crippen molar-refractivity contribution in [1.29, 1.82) is 0 Å². The molecule has 0 saturated carbocycles. The summed E-state index contributed by atoms with van der Waals surface area (Å²) in [6.45, 7) is 1.68. The number of ether oxygens (including phenoxy) is 1. The van der Waals surface area contributed by atoms with Gasteiger partial charge in [-0.1, -0.05) is 23.7 Å². The van der Waals surface area contributed by atoms with Crippen LogP contribution in [0.3, 0.4) is 0 Å². The number of halogens is 3. The molecule has 2 rings (SSSR count). The molecule has 1 aromatic carbocycles. The number of hydrogen-bond acceptors (Lipinski definition) is 4. The van der Waals surface area contributed by atoms with E-state index in [1.165, 1.54) is 14.2 Å². The lowest BCUT2D eigenvalue weighted by atomic mass is 10.1. The summed E-state index contributed by atoms with van der Waals surface area (Å²) in [5.41, 5.74) is 0.0233. The van der Waals surface area contributed by atoms with Gasteiger partial charge in [0.15, 0.2) is 0 Å². The van der Waals surface area contributed by atoms with Gasteiger partial charge in [0.1, 0.15) is 16.4 Å². The number of esters is 1. The Morgan fingerprint density at radius 2 is 1.88 bits per heavy atom. The number of carbonyl (C=O) groups excluding carboxylic acids is 2. The van der Waals surface area contributed by atoms with E-state index in [4.69, 9.17) is 11.6 Å². The monoisotopic (exact) mass is 371 g/mol. The fourth-order valence-electron chi connectivity index (χ4n) is 2.26. The lowest BCUT2D eigenvalue weighted by Crippen LogP contribution is -2.27. The van der Waals surface area contributed by atoms with Crippen LogP contribution in [-0.4, -0.2) is 28.8 Å². The van der Waals surface area contributed by atoms with Gasteiger partial charge in [0.05, 0.1) is 18.7 Å². The molecule has 0 saturated heterocycles. The molecule has 0 aliphatic rings. The van der Waals surface area contributed by atoms with E-state index >= 15 is 0 Å². The zero-order valence-electron chi connectivity index (χ0n) is 13.7. The smallest absolute Gasteiger partial charge is 0.337 e. The van der Waals surface area contributed by atoms with Crippen molar-refractivity contribution < 1.29 is 23.1 Å². The summed E-state index contributed by atoms with van der Waals surface area (Å²) < 4.78 is 31.7. The number of aromatic nitrogens is 2. The highest BCUT2D eigenvalue weighted by Crippen LogP contribution is 2.28. The second-order valence-electron chi connectivity index (χ2n) is 5.28. The van der Waals surface area contributed by atoms with Crippen LogP contribution in [0.2, 0.25) is 5.15 Å². The van der Waals surface area contributed by atoms with Crippen LogP contribution in [0.25, 0.3) is 0 Å². The number of nitrogens with zero attached hydrogens (tertiary/aromatic N) is 2. The number of benzene rings is 1. The molecule has 25 heavy (non-hydrogen) atoms. The number of alkyl halides is 2. The van der Waals surface area contributed by atoms with Crippen LogP contribution in [0.15, 0.2) is 24.3 Å². The third-order valence-electron chi connectivity index (χ3n) is 3.62. The van der Waals surface area contributed by atoms with E-state index < -0.39 is 30.0 Å². The molecule has 1 N–H and O–H groups in total. The molecule has 0 aliphatic carbocycles. The third kappa shape index (κ3) is 3.96. The molecular formula is C16H16ClF2N3O3. The van der Waals surface area contributed by atoms with Crippen LogP contribution in [0.1, 0.15) is 51.4 Å². The second kappa shape index (κ2) is 7.60. The average molecular weight is 372 g/mol. The van der Waals surface area contributed by atoms with Gasteiger partial charge >= 0.3 is 5.97 Å². The van der Waals surface area contributed by atoms with Gasteiger partial charge in [-0.2, -0.15) is 5.10 Å². The van der Waals surface area contributed by atoms with Gasteiger partial charge < -0.3 is 10.1 Å². The highest BCUT2D eigenvalue weighted by atomic mass is 35.5. The Morgan fingerprint density at radius 3 is 2.40 bits per heavy atom. The van der Waals surface area contributed by atoms with Gasteiger partial charge in [-0.15, -0.1) is 0 Å². The number of rotatable bonds is 5. The lowest BCUT2D eigenvalue weighted by molar-refractivity contribution is 0.0600. The SMILES string of the molecule is COC(=O)c1ccc([C@H](C)NC(=O)c2c(C(F)F)nn(C)c2Cl)cc1. The molecule has 1 atom stereocenters. The van der Waals surface area contributed by atoms with E-state index in [1.807, 2.05) is 0 Å². The first-order valence-corrected chi connectivity index (χ1v) is 7.63. The predicted molar refractivity (Wildman–Crippen MR) is 86.8 cm³/mol. The Kier molecular flexibility index (Phi) is 5.73. The Bertz CT molecular complexity index is 791. The number of methoxy groups -OCH3 is 1. The molecule has 0 unspecified atom stereocenters. The first-order valence-electron chi connectivity index (χ1n) is 7.26. The van der Waals surface area contributed by atoms with Gasteiger partial charge in [-0.3, -0.25) is 9.48 Å². The number of nitrogens with one attached hydrogen (secondary N) is 1. The molecule has 9 heteroatoms. The van der Waals surface area contributed by atoms with E-state index in [2.05, 4.69) is 15.2 Å². The lowest BCUT2D eigenvalue weighted by Gasteiger charge is -2.15. The summed E-state index contributed by atoms with van der Waals surface area (Å²) in [6.07, 6.45) is -2.92. The molecule has 2 aromatic rings. The molecule has 1 aromatic heterocycles. The van der Waals surface area contributed by atoms with Gasteiger partial charge in [0, 0.05) is 7.05 Å². The normalized spacial score (nSPS) is 12.1. The molecule has 6 nitrogen and oxygen atoms in total. The summed E-state index contributed by atoms with van der Waals surface area (Å²) in [4.78, 5) is 23.8. The van der Waals surface area contributed by atoms with Crippen LogP contribution < -0.4 is 5.32 Å². The minimum absolute atomic E-state index is 0.166. The van der Waals surface area contributed by atoms with Crippen molar-refractivity contribution in [2.24, 2.45) is 7.05 Å². The Hall–Kier alpha value is -2.48. The van der Waals surface area contributed by atoms with Crippen molar-refractivity contribution in [1.82, 2.24) is 15.1 Å². The van der Waals surface area contributed by atoms with Gasteiger partial charge in [-0.05, 0) is 24.6 Å². The Labute approximate surface area is 147 Å². The molecule has 134 valence electrons. The summed E-state index contributed by atoms with van der Waals surface area (Å²) in [7, 11) is 2.65. The fourth-order valence-corrected chi connectivity index (χ4v) is 2.48. The van der Waals surface area contributed by atoms with Gasteiger partial charge in [-0.25, -0.2) is 13.6 Å². The predicted octanol–water partition coefficient (Wildman–Crippen LogP) is 3.29. The molecule has 0 aliphatic heterocycles. The quantitative estimate of drug-likeness (QED) is 0.818. The standard InChI is InChI=1S/C16H16ClF2N3O3/c1-8(9-4-6-10(7-5-9)16(24)25-3)20-15(23)11-12(14(18)19)21-22(2)13(11)17/h4-8,14H,1-3H3,(H,20,23)/t8-/m0/s1. The van der Waals surface area contributed by atoms with E-state index in [-0.39, 0.29) is 10.7 Å². The van der Waals surface area contributed by atoms with Crippen LogP contribution >= 0.6 is 11.6 Å². The minimum atomic E-state index is -2.92. The van der Waals surface area contributed by atoms with Crippen LogP contribution in [0.4, 0.5) is 8.78 Å². The van der Waals surface area contributed by atoms with Crippen LogP contribution in [-0.2, 0) is 11.8 Å².